The van der Waals surface area contributed by atoms with Crippen LogP contribution in [0.5, 0.6) is 0 Å². The van der Waals surface area contributed by atoms with Gasteiger partial charge in [-0.05, 0) is 43.7 Å². The summed E-state index contributed by atoms with van der Waals surface area (Å²) in [6.45, 7) is 1.04. The lowest BCUT2D eigenvalue weighted by Gasteiger charge is -2.31. The molecule has 5 nitrogen and oxygen atoms in total. The van der Waals surface area contributed by atoms with Crippen LogP contribution in [0.25, 0.3) is 0 Å². The first kappa shape index (κ1) is 13.2. The van der Waals surface area contributed by atoms with E-state index in [4.69, 9.17) is 5.73 Å². The smallest absolute Gasteiger partial charge is 0.292 e. The van der Waals surface area contributed by atoms with Crippen LogP contribution >= 0.6 is 0 Å². The minimum absolute atomic E-state index is 0.00497. The number of rotatable bonds is 3. The van der Waals surface area contributed by atoms with Gasteiger partial charge in [0, 0.05) is 24.3 Å². The molecule has 1 aromatic carbocycles. The van der Waals surface area contributed by atoms with Gasteiger partial charge in [0.2, 0.25) is 0 Å². The topological polar surface area (TPSA) is 72.4 Å². The predicted octanol–water partition coefficient (Wildman–Crippen LogP) is 3.34. The molecule has 1 aliphatic carbocycles. The van der Waals surface area contributed by atoms with Crippen molar-refractivity contribution in [3.8, 4) is 0 Å². The number of nitrogens with two attached hydrogens (primary N) is 1. The molecule has 108 valence electrons. The van der Waals surface area contributed by atoms with Crippen LogP contribution in [0.1, 0.15) is 38.5 Å². The van der Waals surface area contributed by atoms with E-state index in [-0.39, 0.29) is 11.4 Å². The summed E-state index contributed by atoms with van der Waals surface area (Å²) in [7, 11) is 0. The first-order valence-electron chi connectivity index (χ1n) is 7.47. The van der Waals surface area contributed by atoms with Crippen LogP contribution in [-0.4, -0.2) is 17.5 Å². The quantitative estimate of drug-likeness (QED) is 0.521. The lowest BCUT2D eigenvalue weighted by molar-refractivity contribution is -0.383. The molecular weight excluding hydrogens is 254 g/mol. The zero-order valence-corrected chi connectivity index (χ0v) is 11.6. The van der Waals surface area contributed by atoms with Gasteiger partial charge in [-0.25, -0.2) is 0 Å². The average Bonchev–Trinajstić information content (AvgIpc) is 3.09. The van der Waals surface area contributed by atoms with Gasteiger partial charge in [0.15, 0.2) is 0 Å². The van der Waals surface area contributed by atoms with Gasteiger partial charge in [0.05, 0.1) is 4.92 Å². The zero-order valence-electron chi connectivity index (χ0n) is 11.6. The summed E-state index contributed by atoms with van der Waals surface area (Å²) in [5, 5.41) is 10.8. The van der Waals surface area contributed by atoms with Crippen molar-refractivity contribution in [2.24, 2.45) is 5.92 Å². The fourth-order valence-corrected chi connectivity index (χ4v) is 3.83. The second kappa shape index (κ2) is 5.31. The first-order valence-corrected chi connectivity index (χ1v) is 7.47. The maximum atomic E-state index is 10.8. The molecule has 1 heterocycles. The van der Waals surface area contributed by atoms with Crippen LogP contribution in [0.4, 0.5) is 17.1 Å². The van der Waals surface area contributed by atoms with Crippen molar-refractivity contribution < 1.29 is 4.92 Å². The highest BCUT2D eigenvalue weighted by molar-refractivity contribution is 5.67. The van der Waals surface area contributed by atoms with Gasteiger partial charge < -0.3 is 10.6 Å². The summed E-state index contributed by atoms with van der Waals surface area (Å²) < 4.78 is 0. The number of hydrogen-bond donors (Lipinski definition) is 1. The molecule has 1 saturated heterocycles. The molecule has 5 heteroatoms. The molecule has 0 bridgehead atoms. The van der Waals surface area contributed by atoms with Gasteiger partial charge in [-0.15, -0.1) is 0 Å². The number of nitro benzene ring substituents is 1. The van der Waals surface area contributed by atoms with E-state index in [1.807, 2.05) is 6.07 Å². The molecule has 1 saturated carbocycles. The maximum absolute atomic E-state index is 10.8. The molecule has 1 unspecified atom stereocenters. The number of nitrogens with zero attached hydrogens (tertiary/aromatic N) is 2. The Kier molecular flexibility index (Phi) is 3.51. The Morgan fingerprint density at radius 3 is 2.60 bits per heavy atom. The van der Waals surface area contributed by atoms with Crippen molar-refractivity contribution >= 4 is 17.1 Å². The average molecular weight is 275 g/mol. The molecule has 0 spiro atoms. The number of nitrogen functional groups attached to an aromatic ring is 1. The fourth-order valence-electron chi connectivity index (χ4n) is 3.83. The third-order valence-corrected chi connectivity index (χ3v) is 4.78. The van der Waals surface area contributed by atoms with Crippen LogP contribution in [0.3, 0.4) is 0 Å². The van der Waals surface area contributed by atoms with Crippen molar-refractivity contribution in [3.63, 3.8) is 0 Å². The van der Waals surface area contributed by atoms with Gasteiger partial charge in [-0.1, -0.05) is 12.8 Å². The normalized spacial score (nSPS) is 23.4. The predicted molar refractivity (Wildman–Crippen MR) is 79.8 cm³/mol. The van der Waals surface area contributed by atoms with Crippen molar-refractivity contribution in [1.82, 2.24) is 0 Å². The lowest BCUT2D eigenvalue weighted by Crippen LogP contribution is -2.34. The number of anilines is 2. The van der Waals surface area contributed by atoms with E-state index in [9.17, 15) is 10.1 Å². The second-order valence-corrected chi connectivity index (χ2v) is 5.95. The Morgan fingerprint density at radius 2 is 1.95 bits per heavy atom. The summed E-state index contributed by atoms with van der Waals surface area (Å²) >= 11 is 0. The lowest BCUT2D eigenvalue weighted by atomic mass is 9.95. The largest absolute Gasteiger partial charge is 0.393 e. The summed E-state index contributed by atoms with van der Waals surface area (Å²) in [4.78, 5) is 12.8. The van der Waals surface area contributed by atoms with Crippen LogP contribution in [0.15, 0.2) is 18.2 Å². The molecule has 0 radical (unpaired) electrons. The first-order chi connectivity index (χ1) is 9.66. The van der Waals surface area contributed by atoms with Gasteiger partial charge in [0.25, 0.3) is 5.69 Å². The summed E-state index contributed by atoms with van der Waals surface area (Å²) in [6.07, 6.45) is 7.78. The molecule has 2 fully saturated rings. The highest BCUT2D eigenvalue weighted by Crippen LogP contribution is 2.39. The van der Waals surface area contributed by atoms with Crippen molar-refractivity contribution in [2.45, 2.75) is 44.6 Å². The summed E-state index contributed by atoms with van der Waals surface area (Å²) in [5.74, 6) is 0.786. The third-order valence-electron chi connectivity index (χ3n) is 4.78. The zero-order chi connectivity index (χ0) is 14.1. The van der Waals surface area contributed by atoms with E-state index in [0.717, 1.165) is 18.2 Å². The molecule has 2 N–H and O–H groups in total. The van der Waals surface area contributed by atoms with E-state index in [1.54, 1.807) is 6.07 Å². The minimum atomic E-state index is -0.419. The Hall–Kier alpha value is -1.78. The highest BCUT2D eigenvalue weighted by Gasteiger charge is 2.33. The number of benzene rings is 1. The van der Waals surface area contributed by atoms with E-state index in [2.05, 4.69) is 4.90 Å². The molecule has 20 heavy (non-hydrogen) atoms. The molecule has 1 aromatic rings. The second-order valence-electron chi connectivity index (χ2n) is 5.95. The Bertz CT molecular complexity index is 512. The number of hydrogen-bond acceptors (Lipinski definition) is 4. The van der Waals surface area contributed by atoms with Crippen LogP contribution in [-0.2, 0) is 0 Å². The van der Waals surface area contributed by atoms with E-state index in [1.165, 1.54) is 44.6 Å². The molecule has 3 rings (SSSR count). The molecule has 1 aliphatic heterocycles. The molecular formula is C15H21N3O2. The SMILES string of the molecule is Nc1cc(N2CCCC2C2CCCC2)ccc1[N+](=O)[O-]. The van der Waals surface area contributed by atoms with Crippen LogP contribution < -0.4 is 10.6 Å². The Balaban J connectivity index is 1.84. The van der Waals surface area contributed by atoms with Gasteiger partial charge in [0.1, 0.15) is 5.69 Å². The molecule has 2 aliphatic rings. The maximum Gasteiger partial charge on any atom is 0.292 e. The standard InChI is InChI=1S/C15H21N3O2/c16-13-10-12(7-8-15(13)18(19)20)17-9-3-6-14(17)11-4-1-2-5-11/h7-8,10-11,14H,1-6,9,16H2. The third kappa shape index (κ3) is 2.32. The fraction of sp³-hybridized carbons (Fsp3) is 0.600. The van der Waals surface area contributed by atoms with Crippen molar-refractivity contribution in [1.29, 1.82) is 0 Å². The summed E-state index contributed by atoms with van der Waals surface area (Å²) in [6, 6.07) is 5.75. The van der Waals surface area contributed by atoms with Gasteiger partial charge in [-0.3, -0.25) is 10.1 Å². The van der Waals surface area contributed by atoms with E-state index < -0.39 is 4.92 Å². The summed E-state index contributed by atoms with van der Waals surface area (Å²) in [5.41, 5.74) is 7.14. The molecule has 0 amide bonds. The monoisotopic (exact) mass is 275 g/mol. The Morgan fingerprint density at radius 1 is 1.20 bits per heavy atom. The van der Waals surface area contributed by atoms with Crippen LogP contribution in [0.2, 0.25) is 0 Å². The highest BCUT2D eigenvalue weighted by atomic mass is 16.6. The number of nitro groups is 1. The molecule has 0 aromatic heterocycles. The van der Waals surface area contributed by atoms with E-state index >= 15 is 0 Å². The Labute approximate surface area is 118 Å². The minimum Gasteiger partial charge on any atom is -0.393 e. The van der Waals surface area contributed by atoms with Crippen molar-refractivity contribution in [2.75, 3.05) is 17.2 Å². The van der Waals surface area contributed by atoms with Gasteiger partial charge >= 0.3 is 0 Å². The van der Waals surface area contributed by atoms with E-state index in [0.29, 0.717) is 6.04 Å². The van der Waals surface area contributed by atoms with Crippen molar-refractivity contribution in [3.05, 3.63) is 28.3 Å². The molecule has 1 atom stereocenters. The van der Waals surface area contributed by atoms with Crippen LogP contribution in [0, 0.1) is 16.0 Å². The van der Waals surface area contributed by atoms with Gasteiger partial charge in [-0.2, -0.15) is 0 Å².